The molecule has 0 aromatic heterocycles. The molecule has 3 rings (SSSR count). The van der Waals surface area contributed by atoms with Crippen molar-refractivity contribution in [2.24, 2.45) is 4.99 Å². The Kier molecular flexibility index (Phi) is 8.20. The standard InChI is InChI=1S/C27H30N4O3/c1-4-16-28-23-13-9-12-22(20(23)6-3)27(14-15-27)31-24(32)21-11-8-7-10-19(21)18-30-26(34)25(33)29-17-5-2/h2,6-13H,4,14-18H2,1,3H3,(H,29,33)(H,30,34)(H,31,32)/b20-6-,28-23?. The minimum Gasteiger partial charge on any atom is -0.344 e. The number of carbonyl (C=O) groups excluding carboxylic acids is 3. The molecule has 0 radical (unpaired) electrons. The Morgan fingerprint density at radius 1 is 1.18 bits per heavy atom. The van der Waals surface area contributed by atoms with Gasteiger partial charge >= 0.3 is 11.8 Å². The highest BCUT2D eigenvalue weighted by Crippen LogP contribution is 2.46. The molecule has 0 aliphatic heterocycles. The van der Waals surface area contributed by atoms with E-state index in [1.54, 1.807) is 24.3 Å². The van der Waals surface area contributed by atoms with Crippen molar-refractivity contribution >= 4 is 23.4 Å². The van der Waals surface area contributed by atoms with Crippen molar-refractivity contribution in [1.29, 1.82) is 0 Å². The summed E-state index contributed by atoms with van der Waals surface area (Å²) in [5.74, 6) is 0.399. The Hall–Kier alpha value is -3.92. The van der Waals surface area contributed by atoms with Crippen LogP contribution in [0.3, 0.4) is 0 Å². The highest BCUT2D eigenvalue weighted by molar-refractivity contribution is 6.35. The van der Waals surface area contributed by atoms with Crippen molar-refractivity contribution < 1.29 is 14.4 Å². The lowest BCUT2D eigenvalue weighted by atomic mass is 9.88. The zero-order chi connectivity index (χ0) is 24.6. The maximum absolute atomic E-state index is 13.3. The van der Waals surface area contributed by atoms with Gasteiger partial charge in [-0.15, -0.1) is 6.42 Å². The number of hydrogen-bond acceptors (Lipinski definition) is 4. The van der Waals surface area contributed by atoms with Gasteiger partial charge < -0.3 is 16.0 Å². The topological polar surface area (TPSA) is 99.7 Å². The molecule has 3 amide bonds. The Balaban J connectivity index is 1.74. The van der Waals surface area contributed by atoms with E-state index >= 15 is 0 Å². The molecular weight excluding hydrogens is 428 g/mol. The van der Waals surface area contributed by atoms with Crippen molar-refractivity contribution in [2.45, 2.75) is 45.2 Å². The highest BCUT2D eigenvalue weighted by atomic mass is 16.2. The van der Waals surface area contributed by atoms with Gasteiger partial charge in [-0.3, -0.25) is 19.4 Å². The van der Waals surface area contributed by atoms with E-state index in [1.165, 1.54) is 0 Å². The smallest absolute Gasteiger partial charge is 0.310 e. The molecule has 1 aromatic rings. The summed E-state index contributed by atoms with van der Waals surface area (Å²) in [4.78, 5) is 41.7. The summed E-state index contributed by atoms with van der Waals surface area (Å²) in [6.45, 7) is 4.84. The first-order valence-electron chi connectivity index (χ1n) is 11.5. The van der Waals surface area contributed by atoms with E-state index in [0.717, 1.165) is 42.7 Å². The summed E-state index contributed by atoms with van der Waals surface area (Å²) in [5.41, 5.74) is 3.68. The van der Waals surface area contributed by atoms with Crippen LogP contribution in [-0.4, -0.2) is 42.1 Å². The Bertz CT molecular complexity index is 1130. The van der Waals surface area contributed by atoms with Gasteiger partial charge in [-0.05, 0) is 49.5 Å². The van der Waals surface area contributed by atoms with Crippen molar-refractivity contribution in [1.82, 2.24) is 16.0 Å². The van der Waals surface area contributed by atoms with Crippen molar-refractivity contribution in [3.8, 4) is 12.3 Å². The van der Waals surface area contributed by atoms with Crippen molar-refractivity contribution in [3.63, 3.8) is 0 Å². The van der Waals surface area contributed by atoms with E-state index in [-0.39, 0.29) is 19.0 Å². The number of aliphatic imine (C=N–C) groups is 1. The third kappa shape index (κ3) is 5.70. The molecule has 0 saturated heterocycles. The molecule has 0 unspecified atom stereocenters. The van der Waals surface area contributed by atoms with Crippen LogP contribution < -0.4 is 16.0 Å². The second-order valence-corrected chi connectivity index (χ2v) is 8.17. The first-order chi connectivity index (χ1) is 16.5. The van der Waals surface area contributed by atoms with Crippen LogP contribution in [0.5, 0.6) is 0 Å². The van der Waals surface area contributed by atoms with Gasteiger partial charge in [0.05, 0.1) is 17.8 Å². The fraction of sp³-hybridized carbons (Fsp3) is 0.333. The molecule has 3 N–H and O–H groups in total. The van der Waals surface area contributed by atoms with Gasteiger partial charge in [0.15, 0.2) is 0 Å². The number of nitrogens with zero attached hydrogens (tertiary/aromatic N) is 1. The predicted molar refractivity (Wildman–Crippen MR) is 133 cm³/mol. The summed E-state index contributed by atoms with van der Waals surface area (Å²) >= 11 is 0. The quantitative estimate of drug-likeness (QED) is 0.412. The van der Waals surface area contributed by atoms with Crippen molar-refractivity contribution in [3.05, 3.63) is 70.8 Å². The van der Waals surface area contributed by atoms with Gasteiger partial charge in [-0.2, -0.15) is 0 Å². The number of amides is 3. The molecule has 1 fully saturated rings. The van der Waals surface area contributed by atoms with Crippen LogP contribution in [0.1, 0.15) is 49.0 Å². The summed E-state index contributed by atoms with van der Waals surface area (Å²) < 4.78 is 0. The maximum atomic E-state index is 13.3. The number of carbonyl (C=O) groups is 3. The Labute approximate surface area is 200 Å². The molecule has 176 valence electrons. The fourth-order valence-corrected chi connectivity index (χ4v) is 3.88. The van der Waals surface area contributed by atoms with Gasteiger partial charge in [0, 0.05) is 24.2 Å². The molecule has 0 bridgehead atoms. The first-order valence-corrected chi connectivity index (χ1v) is 11.5. The van der Waals surface area contributed by atoms with Gasteiger partial charge in [0.25, 0.3) is 5.91 Å². The van der Waals surface area contributed by atoms with Gasteiger partial charge in [0.1, 0.15) is 0 Å². The van der Waals surface area contributed by atoms with Crippen LogP contribution in [0.2, 0.25) is 0 Å². The molecule has 1 saturated carbocycles. The molecule has 2 aliphatic rings. The lowest BCUT2D eigenvalue weighted by Gasteiger charge is -2.26. The van der Waals surface area contributed by atoms with E-state index in [1.807, 2.05) is 25.2 Å². The van der Waals surface area contributed by atoms with Crippen LogP contribution in [0, 0.1) is 12.3 Å². The van der Waals surface area contributed by atoms with Crippen LogP contribution >= 0.6 is 0 Å². The number of rotatable bonds is 8. The zero-order valence-corrected chi connectivity index (χ0v) is 19.6. The van der Waals surface area contributed by atoms with Crippen molar-refractivity contribution in [2.75, 3.05) is 13.1 Å². The van der Waals surface area contributed by atoms with E-state index in [4.69, 9.17) is 11.4 Å². The van der Waals surface area contributed by atoms with E-state index < -0.39 is 17.4 Å². The van der Waals surface area contributed by atoms with Gasteiger partial charge in [-0.25, -0.2) is 0 Å². The second-order valence-electron chi connectivity index (χ2n) is 8.17. The molecule has 34 heavy (non-hydrogen) atoms. The summed E-state index contributed by atoms with van der Waals surface area (Å²) in [5, 5.41) is 8.08. The fourth-order valence-electron chi connectivity index (χ4n) is 3.88. The number of hydrogen-bond donors (Lipinski definition) is 3. The van der Waals surface area contributed by atoms with Crippen LogP contribution in [0.15, 0.2) is 64.7 Å². The largest absolute Gasteiger partial charge is 0.344 e. The average Bonchev–Trinajstić information content (AvgIpc) is 3.64. The second kappa shape index (κ2) is 11.3. The number of allylic oxidation sites excluding steroid dienone is 4. The third-order valence-corrected chi connectivity index (χ3v) is 5.75. The summed E-state index contributed by atoms with van der Waals surface area (Å²) in [6, 6.07) is 7.02. The van der Waals surface area contributed by atoms with E-state index in [2.05, 4.69) is 34.9 Å². The lowest BCUT2D eigenvalue weighted by molar-refractivity contribution is -0.139. The predicted octanol–water partition coefficient (Wildman–Crippen LogP) is 2.61. The van der Waals surface area contributed by atoms with Gasteiger partial charge in [0.2, 0.25) is 0 Å². The summed E-state index contributed by atoms with van der Waals surface area (Å²) in [6.07, 6.45) is 15.8. The molecule has 0 atom stereocenters. The summed E-state index contributed by atoms with van der Waals surface area (Å²) in [7, 11) is 0. The molecule has 0 heterocycles. The molecule has 7 nitrogen and oxygen atoms in total. The number of terminal acetylenes is 1. The maximum Gasteiger partial charge on any atom is 0.310 e. The minimum absolute atomic E-state index is 0.0303. The zero-order valence-electron chi connectivity index (χ0n) is 19.6. The first kappa shape index (κ1) is 24.7. The highest BCUT2D eigenvalue weighted by Gasteiger charge is 2.49. The SMILES string of the molecule is C#CCNC(=O)C(=O)NCc1ccccc1C(=O)NC1(C2=CC=CC(=NCCC)/C2=C\C)CC1. The molecule has 0 spiro atoms. The van der Waals surface area contributed by atoms with Crippen LogP contribution in [0.25, 0.3) is 0 Å². The van der Waals surface area contributed by atoms with Crippen LogP contribution in [-0.2, 0) is 16.1 Å². The van der Waals surface area contributed by atoms with Gasteiger partial charge in [-0.1, -0.05) is 49.3 Å². The third-order valence-electron chi connectivity index (χ3n) is 5.75. The lowest BCUT2D eigenvalue weighted by Crippen LogP contribution is -2.41. The Morgan fingerprint density at radius 3 is 2.59 bits per heavy atom. The number of benzene rings is 1. The normalized spacial score (nSPS) is 18.1. The molecule has 1 aromatic carbocycles. The molecule has 2 aliphatic carbocycles. The van der Waals surface area contributed by atoms with E-state index in [0.29, 0.717) is 11.1 Å². The number of nitrogens with one attached hydrogen (secondary N) is 3. The minimum atomic E-state index is -0.812. The van der Waals surface area contributed by atoms with Crippen LogP contribution in [0.4, 0.5) is 0 Å². The molecular formula is C27H30N4O3. The van der Waals surface area contributed by atoms with E-state index in [9.17, 15) is 14.4 Å². The average molecular weight is 459 g/mol. The molecule has 7 heteroatoms. The Morgan fingerprint density at radius 2 is 1.91 bits per heavy atom. The monoisotopic (exact) mass is 458 g/mol.